The van der Waals surface area contributed by atoms with Crippen molar-refractivity contribution >= 4 is 32.7 Å². The number of sulfonamides is 1. The van der Waals surface area contributed by atoms with Gasteiger partial charge < -0.3 is 5.32 Å². The van der Waals surface area contributed by atoms with E-state index in [0.717, 1.165) is 11.9 Å². The number of hydrogen-bond acceptors (Lipinski definition) is 4. The molecule has 1 heterocycles. The van der Waals surface area contributed by atoms with Crippen LogP contribution in [0.15, 0.2) is 35.7 Å². The number of hydrogen-bond donors (Lipinski definition) is 2. The first-order chi connectivity index (χ1) is 9.37. The standard InChI is InChI=1S/C14H18N2O2S2/c1-10-8-9-19-14(10)11(2)15-12-6-4-5-7-13(12)16-20(3,17)18/h4-9,11,15-16H,1-3H3. The lowest BCUT2D eigenvalue weighted by atomic mass is 10.1. The molecule has 0 spiro atoms. The molecule has 1 aromatic carbocycles. The number of benzene rings is 1. The van der Waals surface area contributed by atoms with Gasteiger partial charge in [-0.15, -0.1) is 11.3 Å². The zero-order valence-electron chi connectivity index (χ0n) is 11.7. The summed E-state index contributed by atoms with van der Waals surface area (Å²) in [6.07, 6.45) is 1.15. The molecule has 0 saturated carbocycles. The first-order valence-electron chi connectivity index (χ1n) is 6.24. The molecular weight excluding hydrogens is 292 g/mol. The van der Waals surface area contributed by atoms with Crippen LogP contribution in [0.25, 0.3) is 0 Å². The van der Waals surface area contributed by atoms with Gasteiger partial charge in [-0.1, -0.05) is 12.1 Å². The van der Waals surface area contributed by atoms with Gasteiger partial charge in [0.25, 0.3) is 0 Å². The smallest absolute Gasteiger partial charge is 0.229 e. The third-order valence-corrected chi connectivity index (χ3v) is 4.68. The first kappa shape index (κ1) is 14.9. The van der Waals surface area contributed by atoms with Gasteiger partial charge in [-0.05, 0) is 43.0 Å². The van der Waals surface area contributed by atoms with E-state index in [0.29, 0.717) is 5.69 Å². The molecule has 108 valence electrons. The monoisotopic (exact) mass is 310 g/mol. The maximum absolute atomic E-state index is 11.4. The lowest BCUT2D eigenvalue weighted by Gasteiger charge is -2.18. The van der Waals surface area contributed by atoms with Crippen molar-refractivity contribution in [2.75, 3.05) is 16.3 Å². The van der Waals surface area contributed by atoms with E-state index in [1.165, 1.54) is 10.4 Å². The van der Waals surface area contributed by atoms with Gasteiger partial charge in [0.1, 0.15) is 0 Å². The van der Waals surface area contributed by atoms with Gasteiger partial charge in [0.2, 0.25) is 10.0 Å². The van der Waals surface area contributed by atoms with E-state index in [9.17, 15) is 8.42 Å². The molecule has 2 aromatic rings. The van der Waals surface area contributed by atoms with Crippen LogP contribution in [0.2, 0.25) is 0 Å². The van der Waals surface area contributed by atoms with Crippen molar-refractivity contribution in [2.24, 2.45) is 0 Å². The fourth-order valence-corrected chi connectivity index (χ4v) is 3.54. The van der Waals surface area contributed by atoms with Gasteiger partial charge in [0.05, 0.1) is 23.7 Å². The Kier molecular flexibility index (Phi) is 4.35. The number of anilines is 2. The van der Waals surface area contributed by atoms with Crippen LogP contribution in [0.1, 0.15) is 23.4 Å². The predicted octanol–water partition coefficient (Wildman–Crippen LogP) is 3.60. The summed E-state index contributed by atoms with van der Waals surface area (Å²) in [4.78, 5) is 1.25. The van der Waals surface area contributed by atoms with E-state index < -0.39 is 10.0 Å². The Morgan fingerprint density at radius 1 is 1.15 bits per heavy atom. The minimum atomic E-state index is -3.28. The van der Waals surface area contributed by atoms with Gasteiger partial charge in [-0.25, -0.2) is 8.42 Å². The van der Waals surface area contributed by atoms with E-state index in [1.54, 1.807) is 23.5 Å². The van der Waals surface area contributed by atoms with E-state index in [4.69, 9.17) is 0 Å². The molecular formula is C14H18N2O2S2. The molecule has 0 radical (unpaired) electrons. The lowest BCUT2D eigenvalue weighted by Crippen LogP contribution is -2.13. The summed E-state index contributed by atoms with van der Waals surface area (Å²) in [5.41, 5.74) is 2.58. The number of nitrogens with one attached hydrogen (secondary N) is 2. The summed E-state index contributed by atoms with van der Waals surface area (Å²) in [5.74, 6) is 0. The number of rotatable bonds is 5. The van der Waals surface area contributed by atoms with Crippen LogP contribution in [0, 0.1) is 6.92 Å². The molecule has 0 amide bonds. The molecule has 4 nitrogen and oxygen atoms in total. The first-order valence-corrected chi connectivity index (χ1v) is 9.01. The van der Waals surface area contributed by atoms with Crippen molar-refractivity contribution in [2.45, 2.75) is 19.9 Å². The Bertz CT molecular complexity index is 693. The van der Waals surface area contributed by atoms with Gasteiger partial charge >= 0.3 is 0 Å². The Morgan fingerprint density at radius 3 is 2.35 bits per heavy atom. The van der Waals surface area contributed by atoms with Gasteiger partial charge in [-0.3, -0.25) is 4.72 Å². The fraction of sp³-hybridized carbons (Fsp3) is 0.286. The molecule has 2 rings (SSSR count). The number of aryl methyl sites for hydroxylation is 1. The van der Waals surface area contributed by atoms with Crippen molar-refractivity contribution in [3.05, 3.63) is 46.2 Å². The molecule has 2 N–H and O–H groups in total. The molecule has 0 saturated heterocycles. The fourth-order valence-electron chi connectivity index (χ4n) is 2.02. The van der Waals surface area contributed by atoms with Crippen LogP contribution in [0.4, 0.5) is 11.4 Å². The topological polar surface area (TPSA) is 58.2 Å². The minimum Gasteiger partial charge on any atom is -0.376 e. The van der Waals surface area contributed by atoms with Crippen molar-refractivity contribution in [1.82, 2.24) is 0 Å². The predicted molar refractivity (Wildman–Crippen MR) is 86.0 cm³/mol. The van der Waals surface area contributed by atoms with Crippen molar-refractivity contribution in [3.8, 4) is 0 Å². The van der Waals surface area contributed by atoms with Crippen LogP contribution >= 0.6 is 11.3 Å². The van der Waals surface area contributed by atoms with Gasteiger partial charge in [0.15, 0.2) is 0 Å². The Balaban J connectivity index is 2.23. The minimum absolute atomic E-state index is 0.123. The maximum atomic E-state index is 11.4. The molecule has 1 atom stereocenters. The second kappa shape index (κ2) is 5.85. The van der Waals surface area contributed by atoms with Crippen molar-refractivity contribution in [3.63, 3.8) is 0 Å². The highest BCUT2D eigenvalue weighted by atomic mass is 32.2. The molecule has 0 aliphatic rings. The number of thiophene rings is 1. The van der Waals surface area contributed by atoms with Crippen molar-refractivity contribution < 1.29 is 8.42 Å². The third kappa shape index (κ3) is 3.74. The summed E-state index contributed by atoms with van der Waals surface area (Å²) in [6.45, 7) is 4.14. The molecule has 1 aromatic heterocycles. The normalized spacial score (nSPS) is 12.9. The Labute approximate surface area is 123 Å². The summed E-state index contributed by atoms with van der Waals surface area (Å²) in [7, 11) is -3.28. The largest absolute Gasteiger partial charge is 0.376 e. The molecule has 1 unspecified atom stereocenters. The van der Waals surface area contributed by atoms with Crippen LogP contribution in [-0.4, -0.2) is 14.7 Å². The summed E-state index contributed by atoms with van der Waals surface area (Å²) < 4.78 is 25.3. The quantitative estimate of drug-likeness (QED) is 0.887. The second-order valence-electron chi connectivity index (χ2n) is 4.75. The third-order valence-electron chi connectivity index (χ3n) is 2.89. The Morgan fingerprint density at radius 2 is 1.80 bits per heavy atom. The highest BCUT2D eigenvalue weighted by Gasteiger charge is 2.13. The van der Waals surface area contributed by atoms with Crippen LogP contribution in [-0.2, 0) is 10.0 Å². The van der Waals surface area contributed by atoms with Crippen molar-refractivity contribution in [1.29, 1.82) is 0 Å². The Hall–Kier alpha value is -1.53. The highest BCUT2D eigenvalue weighted by Crippen LogP contribution is 2.30. The lowest BCUT2D eigenvalue weighted by molar-refractivity contribution is 0.607. The molecule has 0 bridgehead atoms. The summed E-state index contributed by atoms with van der Waals surface area (Å²) >= 11 is 1.69. The molecule has 0 aliphatic heterocycles. The molecule has 0 fully saturated rings. The van der Waals surface area contributed by atoms with Gasteiger partial charge in [-0.2, -0.15) is 0 Å². The SMILES string of the molecule is Cc1ccsc1C(C)Nc1ccccc1NS(C)(=O)=O. The van der Waals surface area contributed by atoms with Gasteiger partial charge in [0, 0.05) is 4.88 Å². The van der Waals surface area contributed by atoms with E-state index >= 15 is 0 Å². The average Bonchev–Trinajstić information content (AvgIpc) is 2.76. The van der Waals surface area contributed by atoms with E-state index in [-0.39, 0.29) is 6.04 Å². The molecule has 20 heavy (non-hydrogen) atoms. The summed E-state index contributed by atoms with van der Waals surface area (Å²) in [6, 6.07) is 9.50. The van der Waals surface area contributed by atoms with Crippen LogP contribution in [0.3, 0.4) is 0 Å². The second-order valence-corrected chi connectivity index (χ2v) is 7.45. The number of para-hydroxylation sites is 2. The van der Waals surface area contributed by atoms with Crippen LogP contribution < -0.4 is 10.0 Å². The van der Waals surface area contributed by atoms with E-state index in [2.05, 4.69) is 35.3 Å². The average molecular weight is 310 g/mol. The zero-order chi connectivity index (χ0) is 14.8. The maximum Gasteiger partial charge on any atom is 0.229 e. The highest BCUT2D eigenvalue weighted by molar-refractivity contribution is 7.92. The summed E-state index contributed by atoms with van der Waals surface area (Å²) in [5, 5.41) is 5.42. The van der Waals surface area contributed by atoms with E-state index in [1.807, 2.05) is 12.1 Å². The molecule has 0 aliphatic carbocycles. The zero-order valence-corrected chi connectivity index (χ0v) is 13.3. The van der Waals surface area contributed by atoms with Crippen LogP contribution in [0.5, 0.6) is 0 Å². The molecule has 6 heteroatoms.